The molecule has 1 saturated heterocycles. The van der Waals surface area contributed by atoms with Crippen LogP contribution in [0.3, 0.4) is 0 Å². The normalized spacial score (nSPS) is 18.6. The van der Waals surface area contributed by atoms with Crippen molar-refractivity contribution in [3.8, 4) is 0 Å². The molecule has 2 heterocycles. The fraction of sp³-hybridized carbons (Fsp3) is 0.714. The van der Waals surface area contributed by atoms with Crippen LogP contribution in [0.15, 0.2) is 6.33 Å². The number of piperidine rings is 1. The first-order valence-corrected chi connectivity index (χ1v) is 7.61. The molecular formula is C14H23N5O2. The molecule has 1 unspecified atom stereocenters. The lowest BCUT2D eigenvalue weighted by Gasteiger charge is -2.31. The molecule has 0 radical (unpaired) electrons. The van der Waals surface area contributed by atoms with Crippen LogP contribution in [0.25, 0.3) is 0 Å². The van der Waals surface area contributed by atoms with E-state index >= 15 is 0 Å². The van der Waals surface area contributed by atoms with Gasteiger partial charge in [-0.2, -0.15) is 0 Å². The zero-order valence-corrected chi connectivity index (χ0v) is 12.7. The number of rotatable bonds is 6. The van der Waals surface area contributed by atoms with E-state index in [4.69, 9.17) is 0 Å². The smallest absolute Gasteiger partial charge is 0.353 e. The van der Waals surface area contributed by atoms with Gasteiger partial charge in [-0.3, -0.25) is 10.1 Å². The maximum atomic E-state index is 11.5. The number of nitro groups is 1. The van der Waals surface area contributed by atoms with E-state index in [0.29, 0.717) is 24.1 Å². The fourth-order valence-corrected chi connectivity index (χ4v) is 2.66. The third-order valence-corrected chi connectivity index (χ3v) is 3.76. The Morgan fingerprint density at radius 1 is 1.52 bits per heavy atom. The third kappa shape index (κ3) is 3.80. The molecule has 0 aromatic carbocycles. The predicted molar refractivity (Wildman–Crippen MR) is 82.7 cm³/mol. The van der Waals surface area contributed by atoms with Crippen LogP contribution in [0, 0.1) is 16.0 Å². The molecule has 1 aliphatic rings. The molecule has 116 valence electrons. The van der Waals surface area contributed by atoms with Crippen molar-refractivity contribution in [1.29, 1.82) is 0 Å². The average Bonchev–Trinajstić information content (AvgIpc) is 2.47. The van der Waals surface area contributed by atoms with Gasteiger partial charge in [0.05, 0.1) is 4.92 Å². The predicted octanol–water partition coefficient (Wildman–Crippen LogP) is 2.83. The summed E-state index contributed by atoms with van der Waals surface area (Å²) in [6, 6.07) is 0. The first kappa shape index (κ1) is 15.5. The van der Waals surface area contributed by atoms with Crippen molar-refractivity contribution in [2.45, 2.75) is 39.5 Å². The molecule has 0 aliphatic carbocycles. The molecule has 2 rings (SSSR count). The summed E-state index contributed by atoms with van der Waals surface area (Å²) in [6.07, 6.45) is 5.60. The molecule has 0 spiro atoms. The monoisotopic (exact) mass is 293 g/mol. The zero-order chi connectivity index (χ0) is 15.2. The van der Waals surface area contributed by atoms with E-state index < -0.39 is 0 Å². The summed E-state index contributed by atoms with van der Waals surface area (Å²) < 4.78 is 0. The summed E-state index contributed by atoms with van der Waals surface area (Å²) in [7, 11) is 0. The summed E-state index contributed by atoms with van der Waals surface area (Å²) in [5.41, 5.74) is 0.00250. The van der Waals surface area contributed by atoms with Crippen molar-refractivity contribution in [2.75, 3.05) is 29.9 Å². The lowest BCUT2D eigenvalue weighted by atomic mass is 10.0. The number of anilines is 2. The van der Waals surface area contributed by atoms with E-state index in [1.807, 2.05) is 4.90 Å². The quantitative estimate of drug-likeness (QED) is 0.493. The summed E-state index contributed by atoms with van der Waals surface area (Å²) in [4.78, 5) is 21.3. The van der Waals surface area contributed by atoms with Gasteiger partial charge in [-0.25, -0.2) is 9.97 Å². The summed E-state index contributed by atoms with van der Waals surface area (Å²) in [6.45, 7) is 6.56. The standard InChI is InChI=1S/C14H23N5O2/c1-3-4-7-15-13-12(19(20)21)14(17-10-16-13)18-8-5-6-11(2)9-18/h10-11H,3-9H2,1-2H3,(H,15,16,17). The number of hydrogen-bond acceptors (Lipinski definition) is 6. The van der Waals surface area contributed by atoms with Crippen LogP contribution in [0.1, 0.15) is 39.5 Å². The van der Waals surface area contributed by atoms with Gasteiger partial charge in [0.2, 0.25) is 11.6 Å². The van der Waals surface area contributed by atoms with Gasteiger partial charge in [-0.05, 0) is 25.2 Å². The second kappa shape index (κ2) is 7.19. The molecule has 7 heteroatoms. The Kier molecular flexibility index (Phi) is 5.30. The van der Waals surface area contributed by atoms with Gasteiger partial charge in [-0.1, -0.05) is 20.3 Å². The lowest BCUT2D eigenvalue weighted by Crippen LogP contribution is -2.35. The van der Waals surface area contributed by atoms with Gasteiger partial charge in [0, 0.05) is 19.6 Å². The Balaban J connectivity index is 2.27. The minimum Gasteiger partial charge on any atom is -0.364 e. The molecular weight excluding hydrogens is 270 g/mol. The van der Waals surface area contributed by atoms with Gasteiger partial charge in [0.15, 0.2) is 0 Å². The molecule has 1 aliphatic heterocycles. The van der Waals surface area contributed by atoms with E-state index in [-0.39, 0.29) is 10.6 Å². The van der Waals surface area contributed by atoms with Gasteiger partial charge >= 0.3 is 5.69 Å². The highest BCUT2D eigenvalue weighted by molar-refractivity contribution is 5.70. The number of nitrogens with zero attached hydrogens (tertiary/aromatic N) is 4. The summed E-state index contributed by atoms with van der Waals surface area (Å²) >= 11 is 0. The average molecular weight is 293 g/mol. The highest BCUT2D eigenvalue weighted by Crippen LogP contribution is 2.33. The highest BCUT2D eigenvalue weighted by atomic mass is 16.6. The molecule has 7 nitrogen and oxygen atoms in total. The van der Waals surface area contributed by atoms with Crippen LogP contribution in [0.5, 0.6) is 0 Å². The van der Waals surface area contributed by atoms with Crippen LogP contribution < -0.4 is 10.2 Å². The SMILES string of the molecule is CCCCNc1ncnc(N2CCCC(C)C2)c1[N+](=O)[O-]. The van der Waals surface area contributed by atoms with E-state index in [0.717, 1.165) is 38.8 Å². The first-order valence-electron chi connectivity index (χ1n) is 7.61. The Morgan fingerprint density at radius 3 is 3.00 bits per heavy atom. The molecule has 1 fully saturated rings. The van der Waals surface area contributed by atoms with Crippen molar-refractivity contribution in [1.82, 2.24) is 9.97 Å². The number of hydrogen-bond donors (Lipinski definition) is 1. The van der Waals surface area contributed by atoms with E-state index in [2.05, 4.69) is 29.1 Å². The van der Waals surface area contributed by atoms with Crippen molar-refractivity contribution < 1.29 is 4.92 Å². The van der Waals surface area contributed by atoms with Gasteiger partial charge in [-0.15, -0.1) is 0 Å². The minimum absolute atomic E-state index is 0.00250. The van der Waals surface area contributed by atoms with Crippen LogP contribution in [-0.2, 0) is 0 Å². The minimum atomic E-state index is -0.372. The molecule has 1 N–H and O–H groups in total. The Hall–Kier alpha value is -1.92. The van der Waals surface area contributed by atoms with E-state index in [9.17, 15) is 10.1 Å². The van der Waals surface area contributed by atoms with Crippen LogP contribution >= 0.6 is 0 Å². The van der Waals surface area contributed by atoms with Crippen LogP contribution in [0.2, 0.25) is 0 Å². The maximum Gasteiger partial charge on any atom is 0.353 e. The second-order valence-electron chi connectivity index (χ2n) is 5.63. The summed E-state index contributed by atoms with van der Waals surface area (Å²) in [5, 5.41) is 14.5. The van der Waals surface area contributed by atoms with Crippen molar-refractivity contribution in [2.24, 2.45) is 5.92 Å². The van der Waals surface area contributed by atoms with Crippen LogP contribution in [-0.4, -0.2) is 34.5 Å². The summed E-state index contributed by atoms with van der Waals surface area (Å²) in [5.74, 6) is 1.31. The Morgan fingerprint density at radius 2 is 2.33 bits per heavy atom. The largest absolute Gasteiger partial charge is 0.364 e. The van der Waals surface area contributed by atoms with Crippen molar-refractivity contribution in [3.05, 3.63) is 16.4 Å². The molecule has 0 bridgehead atoms. The number of aromatic nitrogens is 2. The maximum absolute atomic E-state index is 11.5. The molecule has 1 aromatic rings. The third-order valence-electron chi connectivity index (χ3n) is 3.76. The molecule has 0 amide bonds. The highest BCUT2D eigenvalue weighted by Gasteiger charge is 2.29. The fourth-order valence-electron chi connectivity index (χ4n) is 2.66. The van der Waals surface area contributed by atoms with Crippen molar-refractivity contribution >= 4 is 17.3 Å². The topological polar surface area (TPSA) is 84.2 Å². The Bertz CT molecular complexity index is 494. The molecule has 0 saturated carbocycles. The molecule has 1 atom stereocenters. The Labute approximate surface area is 124 Å². The second-order valence-corrected chi connectivity index (χ2v) is 5.63. The first-order chi connectivity index (χ1) is 10.1. The van der Waals surface area contributed by atoms with E-state index in [1.54, 1.807) is 0 Å². The lowest BCUT2D eigenvalue weighted by molar-refractivity contribution is -0.383. The number of unbranched alkanes of at least 4 members (excludes halogenated alkanes) is 1. The van der Waals surface area contributed by atoms with Gasteiger partial charge in [0.1, 0.15) is 6.33 Å². The molecule has 1 aromatic heterocycles. The van der Waals surface area contributed by atoms with E-state index in [1.165, 1.54) is 6.33 Å². The number of nitrogens with one attached hydrogen (secondary N) is 1. The van der Waals surface area contributed by atoms with Crippen molar-refractivity contribution in [3.63, 3.8) is 0 Å². The van der Waals surface area contributed by atoms with Gasteiger partial charge in [0.25, 0.3) is 0 Å². The van der Waals surface area contributed by atoms with Crippen LogP contribution in [0.4, 0.5) is 17.3 Å². The molecule has 21 heavy (non-hydrogen) atoms. The van der Waals surface area contributed by atoms with Gasteiger partial charge < -0.3 is 10.2 Å². The zero-order valence-electron chi connectivity index (χ0n) is 12.7.